The second-order valence-corrected chi connectivity index (χ2v) is 2.52. The number of rotatable bonds is 1. The number of phenols is 1. The van der Waals surface area contributed by atoms with Crippen molar-refractivity contribution >= 4 is 17.6 Å². The molecule has 64 valence electrons. The van der Waals surface area contributed by atoms with E-state index in [1.165, 1.54) is 0 Å². The molecule has 0 aliphatic heterocycles. The second kappa shape index (κ2) is 2.98. The standard InChI is InChI=1S/C7H4ClFO3/c8-3-1-4(9)6(7(11)12)5(10)2-3/h1-2,10H,(H,11,12). The fourth-order valence-electron chi connectivity index (χ4n) is 0.772. The van der Waals surface area contributed by atoms with E-state index in [0.717, 1.165) is 12.1 Å². The third kappa shape index (κ3) is 1.48. The summed E-state index contributed by atoms with van der Waals surface area (Å²) in [5.41, 5.74) is -0.764. The molecule has 0 spiro atoms. The van der Waals surface area contributed by atoms with Gasteiger partial charge in [-0.2, -0.15) is 0 Å². The molecule has 0 fully saturated rings. The molecule has 0 saturated carbocycles. The molecule has 0 aliphatic rings. The van der Waals surface area contributed by atoms with Crippen molar-refractivity contribution in [3.63, 3.8) is 0 Å². The Bertz CT molecular complexity index is 314. The monoisotopic (exact) mass is 190 g/mol. The third-order valence-corrected chi connectivity index (χ3v) is 1.47. The summed E-state index contributed by atoms with van der Waals surface area (Å²) in [5.74, 6) is -3.25. The normalized spacial score (nSPS) is 9.83. The number of benzene rings is 1. The number of carbonyl (C=O) groups is 1. The van der Waals surface area contributed by atoms with Crippen LogP contribution in [-0.4, -0.2) is 16.2 Å². The predicted octanol–water partition coefficient (Wildman–Crippen LogP) is 1.88. The molecule has 0 unspecified atom stereocenters. The first kappa shape index (κ1) is 8.80. The quantitative estimate of drug-likeness (QED) is 0.711. The Morgan fingerprint density at radius 2 is 2.08 bits per heavy atom. The number of carboxylic acid groups (broad SMARTS) is 1. The van der Waals surface area contributed by atoms with Gasteiger partial charge in [0, 0.05) is 5.02 Å². The maximum atomic E-state index is 12.7. The van der Waals surface area contributed by atoms with Gasteiger partial charge in [0.1, 0.15) is 17.1 Å². The van der Waals surface area contributed by atoms with Gasteiger partial charge in [-0.05, 0) is 12.1 Å². The summed E-state index contributed by atoms with van der Waals surface area (Å²) >= 11 is 5.33. The summed E-state index contributed by atoms with van der Waals surface area (Å²) in [6.45, 7) is 0. The molecule has 3 nitrogen and oxygen atoms in total. The Labute approximate surface area is 72.0 Å². The van der Waals surface area contributed by atoms with Gasteiger partial charge < -0.3 is 10.2 Å². The molecule has 0 bridgehead atoms. The first-order valence-electron chi connectivity index (χ1n) is 2.93. The van der Waals surface area contributed by atoms with Crippen molar-refractivity contribution in [1.29, 1.82) is 0 Å². The lowest BCUT2D eigenvalue weighted by Gasteiger charge is -2.00. The highest BCUT2D eigenvalue weighted by Gasteiger charge is 2.16. The van der Waals surface area contributed by atoms with E-state index in [9.17, 15) is 9.18 Å². The van der Waals surface area contributed by atoms with Crippen LogP contribution in [0.4, 0.5) is 4.39 Å². The molecule has 0 heterocycles. The molecule has 0 aromatic heterocycles. The maximum Gasteiger partial charge on any atom is 0.342 e. The number of hydrogen-bond acceptors (Lipinski definition) is 2. The molecular formula is C7H4ClFO3. The van der Waals surface area contributed by atoms with Crippen molar-refractivity contribution in [1.82, 2.24) is 0 Å². The summed E-state index contributed by atoms with van der Waals surface area (Å²) in [7, 11) is 0. The summed E-state index contributed by atoms with van der Waals surface area (Å²) in [6, 6.07) is 1.79. The minimum absolute atomic E-state index is 0.0463. The molecule has 1 aromatic carbocycles. The van der Waals surface area contributed by atoms with Crippen molar-refractivity contribution in [3.8, 4) is 5.75 Å². The minimum atomic E-state index is -1.53. The third-order valence-electron chi connectivity index (χ3n) is 1.25. The fourth-order valence-corrected chi connectivity index (χ4v) is 0.971. The van der Waals surface area contributed by atoms with Gasteiger partial charge in [-0.25, -0.2) is 9.18 Å². The van der Waals surface area contributed by atoms with Crippen LogP contribution in [0.5, 0.6) is 5.75 Å². The van der Waals surface area contributed by atoms with E-state index in [2.05, 4.69) is 0 Å². The van der Waals surface area contributed by atoms with Crippen LogP contribution >= 0.6 is 11.6 Å². The molecule has 0 atom stereocenters. The smallest absolute Gasteiger partial charge is 0.342 e. The van der Waals surface area contributed by atoms with Crippen LogP contribution in [0.3, 0.4) is 0 Å². The van der Waals surface area contributed by atoms with Gasteiger partial charge in [-0.15, -0.1) is 0 Å². The Kier molecular flexibility index (Phi) is 2.19. The van der Waals surface area contributed by atoms with Crippen LogP contribution in [0.1, 0.15) is 10.4 Å². The summed E-state index contributed by atoms with van der Waals surface area (Å²) in [5, 5.41) is 17.3. The highest BCUT2D eigenvalue weighted by Crippen LogP contribution is 2.24. The molecule has 5 heteroatoms. The Morgan fingerprint density at radius 1 is 1.50 bits per heavy atom. The van der Waals surface area contributed by atoms with Crippen molar-refractivity contribution < 1.29 is 19.4 Å². The van der Waals surface area contributed by atoms with Crippen LogP contribution in [0, 0.1) is 5.82 Å². The molecule has 0 radical (unpaired) electrons. The molecule has 0 aliphatic carbocycles. The average molecular weight is 191 g/mol. The van der Waals surface area contributed by atoms with E-state index in [4.69, 9.17) is 21.8 Å². The molecule has 0 saturated heterocycles. The highest BCUT2D eigenvalue weighted by molar-refractivity contribution is 6.30. The van der Waals surface area contributed by atoms with Crippen LogP contribution in [0.2, 0.25) is 5.02 Å². The van der Waals surface area contributed by atoms with Gasteiger partial charge in [-0.1, -0.05) is 11.6 Å². The molecule has 1 aromatic rings. The Balaban J connectivity index is 3.38. The van der Waals surface area contributed by atoms with Gasteiger partial charge in [0.2, 0.25) is 0 Å². The lowest BCUT2D eigenvalue weighted by molar-refractivity contribution is 0.0688. The first-order valence-corrected chi connectivity index (χ1v) is 3.31. The Morgan fingerprint density at radius 3 is 2.50 bits per heavy atom. The predicted molar refractivity (Wildman–Crippen MR) is 40.0 cm³/mol. The van der Waals surface area contributed by atoms with Crippen molar-refractivity contribution in [3.05, 3.63) is 28.5 Å². The minimum Gasteiger partial charge on any atom is -0.507 e. The molecule has 1 rings (SSSR count). The summed E-state index contributed by atoms with van der Waals surface area (Å²) < 4.78 is 12.7. The number of halogens is 2. The zero-order chi connectivity index (χ0) is 9.30. The van der Waals surface area contributed by atoms with Crippen LogP contribution in [0.25, 0.3) is 0 Å². The summed E-state index contributed by atoms with van der Waals surface area (Å²) in [4.78, 5) is 10.3. The van der Waals surface area contributed by atoms with E-state index in [1.54, 1.807) is 0 Å². The molecular weight excluding hydrogens is 187 g/mol. The average Bonchev–Trinajstić information content (AvgIpc) is 1.82. The zero-order valence-corrected chi connectivity index (χ0v) is 6.47. The van der Waals surface area contributed by atoms with Crippen molar-refractivity contribution in [2.24, 2.45) is 0 Å². The van der Waals surface area contributed by atoms with Gasteiger partial charge in [0.15, 0.2) is 0 Å². The SMILES string of the molecule is O=C(O)c1c(O)cc(Cl)cc1F. The lowest BCUT2D eigenvalue weighted by atomic mass is 10.2. The molecule has 0 amide bonds. The zero-order valence-electron chi connectivity index (χ0n) is 5.71. The summed E-state index contributed by atoms with van der Waals surface area (Å²) in [6.07, 6.45) is 0. The number of hydrogen-bond donors (Lipinski definition) is 2. The van der Waals surface area contributed by atoms with Crippen LogP contribution < -0.4 is 0 Å². The Hall–Kier alpha value is -1.29. The van der Waals surface area contributed by atoms with Crippen molar-refractivity contribution in [2.45, 2.75) is 0 Å². The van der Waals surface area contributed by atoms with Gasteiger partial charge in [0.25, 0.3) is 0 Å². The number of aromatic carboxylic acids is 1. The second-order valence-electron chi connectivity index (χ2n) is 2.09. The van der Waals surface area contributed by atoms with E-state index in [0.29, 0.717) is 0 Å². The van der Waals surface area contributed by atoms with E-state index in [1.807, 2.05) is 0 Å². The van der Waals surface area contributed by atoms with Gasteiger partial charge >= 0.3 is 5.97 Å². The lowest BCUT2D eigenvalue weighted by Crippen LogP contribution is -2.00. The van der Waals surface area contributed by atoms with Crippen LogP contribution in [0.15, 0.2) is 12.1 Å². The highest BCUT2D eigenvalue weighted by atomic mass is 35.5. The van der Waals surface area contributed by atoms with E-state index >= 15 is 0 Å². The first-order chi connectivity index (χ1) is 5.52. The molecule has 12 heavy (non-hydrogen) atoms. The largest absolute Gasteiger partial charge is 0.507 e. The van der Waals surface area contributed by atoms with Crippen molar-refractivity contribution in [2.75, 3.05) is 0 Å². The van der Waals surface area contributed by atoms with Gasteiger partial charge in [0.05, 0.1) is 0 Å². The maximum absolute atomic E-state index is 12.7. The number of aromatic hydroxyl groups is 1. The van der Waals surface area contributed by atoms with E-state index in [-0.39, 0.29) is 5.02 Å². The van der Waals surface area contributed by atoms with E-state index < -0.39 is 23.1 Å². The topological polar surface area (TPSA) is 57.5 Å². The van der Waals surface area contributed by atoms with Crippen LogP contribution in [-0.2, 0) is 0 Å². The fraction of sp³-hybridized carbons (Fsp3) is 0. The number of carboxylic acids is 1. The molecule has 2 N–H and O–H groups in total. The van der Waals surface area contributed by atoms with Gasteiger partial charge in [-0.3, -0.25) is 0 Å².